The van der Waals surface area contributed by atoms with Crippen LogP contribution in [-0.2, 0) is 28.4 Å². The number of halogens is 4. The average Bonchev–Trinajstić information content (AvgIpc) is 3.60. The molecule has 0 saturated carbocycles. The lowest BCUT2D eigenvalue weighted by Crippen LogP contribution is -2.34. The first-order valence-corrected chi connectivity index (χ1v) is 11.8. The van der Waals surface area contributed by atoms with Crippen LogP contribution < -0.4 is 4.74 Å². The van der Waals surface area contributed by atoms with Gasteiger partial charge in [-0.15, -0.1) is 24.8 Å². The van der Waals surface area contributed by atoms with E-state index >= 15 is 0 Å². The molecule has 3 heterocycles. The van der Waals surface area contributed by atoms with Gasteiger partial charge in [0, 0.05) is 47.5 Å². The molecule has 0 N–H and O–H groups in total. The van der Waals surface area contributed by atoms with Gasteiger partial charge in [0.2, 0.25) is 5.79 Å². The first-order chi connectivity index (χ1) is 16.6. The molecule has 5 rings (SSSR count). The lowest BCUT2D eigenvalue weighted by atomic mass is 10.1. The van der Waals surface area contributed by atoms with Gasteiger partial charge in [-0.1, -0.05) is 29.3 Å². The van der Waals surface area contributed by atoms with Gasteiger partial charge in [-0.05, 0) is 43.3 Å². The quantitative estimate of drug-likeness (QED) is 0.249. The van der Waals surface area contributed by atoms with E-state index in [1.165, 1.54) is 0 Å². The molecule has 1 aliphatic rings. The zero-order chi connectivity index (χ0) is 23.5. The lowest BCUT2D eigenvalue weighted by Gasteiger charge is -2.30. The second-order valence-electron chi connectivity index (χ2n) is 8.04. The summed E-state index contributed by atoms with van der Waals surface area (Å²) in [4.78, 5) is 8.57. The van der Waals surface area contributed by atoms with Crippen LogP contribution in [0.3, 0.4) is 0 Å². The van der Waals surface area contributed by atoms with Crippen LogP contribution in [0.15, 0.2) is 73.6 Å². The summed E-state index contributed by atoms with van der Waals surface area (Å²) in [6.45, 7) is 4.05. The molecule has 2 aromatic carbocycles. The molecule has 2 atom stereocenters. The fourth-order valence-corrected chi connectivity index (χ4v) is 4.64. The standard InChI is InChI=1S/C25H24Cl2N4O3.2ClH/c1-2-31-12-10-29-24(31)18-3-6-20(7-4-18)32-14-21-15-33-25(34-21,16-30-11-9-28-17-30)22-8-5-19(26)13-23(22)27;;/h3-13,17,21H,2,14-16H2,1H3;2*1H/t21-,25-;;/m1../s1. The van der Waals surface area contributed by atoms with E-state index in [1.54, 1.807) is 24.7 Å². The van der Waals surface area contributed by atoms with Crippen LogP contribution in [0, 0.1) is 0 Å². The molecule has 0 amide bonds. The molecule has 0 spiro atoms. The minimum absolute atomic E-state index is 0. The number of nitrogens with zero attached hydrogens (tertiary/aromatic N) is 4. The van der Waals surface area contributed by atoms with E-state index in [1.807, 2.05) is 53.5 Å². The van der Waals surface area contributed by atoms with E-state index < -0.39 is 5.79 Å². The van der Waals surface area contributed by atoms with E-state index in [2.05, 4.69) is 21.5 Å². The summed E-state index contributed by atoms with van der Waals surface area (Å²) in [5.41, 5.74) is 1.75. The average molecular weight is 572 g/mol. The van der Waals surface area contributed by atoms with Crippen LogP contribution in [0.25, 0.3) is 11.4 Å². The first kappa shape index (κ1) is 28.3. The molecule has 7 nitrogen and oxygen atoms in total. The fourth-order valence-electron chi connectivity index (χ4n) is 4.09. The predicted molar refractivity (Wildman–Crippen MR) is 145 cm³/mol. The zero-order valence-corrected chi connectivity index (χ0v) is 22.6. The highest BCUT2D eigenvalue weighted by Gasteiger charge is 2.45. The summed E-state index contributed by atoms with van der Waals surface area (Å²) >= 11 is 12.6. The van der Waals surface area contributed by atoms with Crippen molar-refractivity contribution in [3.05, 3.63) is 89.2 Å². The van der Waals surface area contributed by atoms with Crippen molar-refractivity contribution in [2.24, 2.45) is 0 Å². The minimum atomic E-state index is -1.07. The summed E-state index contributed by atoms with van der Waals surface area (Å²) < 4.78 is 22.7. The highest BCUT2D eigenvalue weighted by Crippen LogP contribution is 2.40. The largest absolute Gasteiger partial charge is 0.491 e. The summed E-state index contributed by atoms with van der Waals surface area (Å²) in [7, 11) is 0. The third kappa shape index (κ3) is 5.99. The van der Waals surface area contributed by atoms with E-state index in [0.717, 1.165) is 23.7 Å². The molecular formula is C25H26Cl4N4O3. The molecule has 1 aliphatic heterocycles. The van der Waals surface area contributed by atoms with Crippen molar-refractivity contribution in [2.75, 3.05) is 13.2 Å². The van der Waals surface area contributed by atoms with Gasteiger partial charge >= 0.3 is 0 Å². The number of ether oxygens (including phenoxy) is 3. The topological polar surface area (TPSA) is 63.3 Å². The Morgan fingerprint density at radius 3 is 2.58 bits per heavy atom. The SMILES string of the molecule is CCn1ccnc1-c1ccc(OC[C@@H]2CO[C@@](Cn3ccnc3)(c3ccc(Cl)cc3Cl)O2)cc1.Cl.Cl. The Balaban J connectivity index is 0.00000180. The predicted octanol–water partition coefficient (Wildman–Crippen LogP) is 6.26. The van der Waals surface area contributed by atoms with Crippen LogP contribution >= 0.6 is 48.0 Å². The van der Waals surface area contributed by atoms with Crippen molar-refractivity contribution >= 4 is 48.0 Å². The minimum Gasteiger partial charge on any atom is -0.491 e. The van der Waals surface area contributed by atoms with Crippen LogP contribution in [-0.4, -0.2) is 38.4 Å². The molecule has 192 valence electrons. The smallest absolute Gasteiger partial charge is 0.215 e. The first-order valence-electron chi connectivity index (χ1n) is 11.0. The molecule has 4 aromatic rings. The second kappa shape index (κ2) is 12.3. The van der Waals surface area contributed by atoms with E-state index in [-0.39, 0.29) is 30.9 Å². The van der Waals surface area contributed by atoms with Crippen molar-refractivity contribution < 1.29 is 14.2 Å². The van der Waals surface area contributed by atoms with Gasteiger partial charge in [0.15, 0.2) is 0 Å². The monoisotopic (exact) mass is 570 g/mol. The van der Waals surface area contributed by atoms with Crippen molar-refractivity contribution in [2.45, 2.75) is 31.9 Å². The van der Waals surface area contributed by atoms with Crippen LogP contribution in [0.4, 0.5) is 0 Å². The molecule has 2 aromatic heterocycles. The molecule has 0 aliphatic carbocycles. The number of hydrogen-bond donors (Lipinski definition) is 0. The summed E-state index contributed by atoms with van der Waals surface area (Å²) in [6.07, 6.45) is 8.78. The number of imidazole rings is 2. The van der Waals surface area contributed by atoms with Gasteiger partial charge in [0.1, 0.15) is 24.3 Å². The Labute approximate surface area is 232 Å². The lowest BCUT2D eigenvalue weighted by molar-refractivity contribution is -0.189. The highest BCUT2D eigenvalue weighted by atomic mass is 35.5. The van der Waals surface area contributed by atoms with Gasteiger partial charge in [0.05, 0.1) is 24.5 Å². The van der Waals surface area contributed by atoms with E-state index in [9.17, 15) is 0 Å². The van der Waals surface area contributed by atoms with Gasteiger partial charge in [-0.2, -0.15) is 0 Å². The van der Waals surface area contributed by atoms with Crippen LogP contribution in [0.1, 0.15) is 12.5 Å². The number of rotatable bonds is 8. The summed E-state index contributed by atoms with van der Waals surface area (Å²) in [5.74, 6) is 0.613. The molecule has 0 radical (unpaired) electrons. The number of aryl methyl sites for hydroxylation is 1. The molecule has 0 bridgehead atoms. The highest BCUT2D eigenvalue weighted by molar-refractivity contribution is 6.35. The maximum Gasteiger partial charge on any atom is 0.215 e. The van der Waals surface area contributed by atoms with Crippen molar-refractivity contribution in [3.63, 3.8) is 0 Å². The fraction of sp³-hybridized carbons (Fsp3) is 0.280. The molecule has 1 saturated heterocycles. The van der Waals surface area contributed by atoms with Crippen molar-refractivity contribution in [3.8, 4) is 17.1 Å². The van der Waals surface area contributed by atoms with E-state index in [0.29, 0.717) is 35.4 Å². The molecule has 11 heteroatoms. The Morgan fingerprint density at radius 2 is 1.89 bits per heavy atom. The Hall–Kier alpha value is -2.26. The third-order valence-corrected chi connectivity index (χ3v) is 6.30. The molecule has 36 heavy (non-hydrogen) atoms. The van der Waals surface area contributed by atoms with Gasteiger partial charge < -0.3 is 23.3 Å². The molecule has 0 unspecified atom stereocenters. The zero-order valence-electron chi connectivity index (χ0n) is 19.4. The normalized spacial score (nSPS) is 18.9. The Kier molecular flexibility index (Phi) is 9.69. The van der Waals surface area contributed by atoms with Crippen LogP contribution in [0.2, 0.25) is 10.0 Å². The number of hydrogen-bond acceptors (Lipinski definition) is 5. The maximum absolute atomic E-state index is 6.53. The maximum atomic E-state index is 6.53. The number of aromatic nitrogens is 4. The number of benzene rings is 2. The van der Waals surface area contributed by atoms with Crippen molar-refractivity contribution in [1.29, 1.82) is 0 Å². The van der Waals surface area contributed by atoms with Gasteiger partial charge in [-0.3, -0.25) is 0 Å². The van der Waals surface area contributed by atoms with Gasteiger partial charge in [0.25, 0.3) is 0 Å². The molecular weight excluding hydrogens is 546 g/mol. The second-order valence-corrected chi connectivity index (χ2v) is 8.88. The van der Waals surface area contributed by atoms with Gasteiger partial charge in [-0.25, -0.2) is 9.97 Å². The summed E-state index contributed by atoms with van der Waals surface area (Å²) in [5, 5.41) is 1.03. The Bertz CT molecular complexity index is 1250. The van der Waals surface area contributed by atoms with E-state index in [4.69, 9.17) is 37.4 Å². The molecule has 1 fully saturated rings. The van der Waals surface area contributed by atoms with Crippen LogP contribution in [0.5, 0.6) is 5.75 Å². The third-order valence-electron chi connectivity index (χ3n) is 5.76. The summed E-state index contributed by atoms with van der Waals surface area (Å²) in [6, 6.07) is 13.2. The Morgan fingerprint density at radius 1 is 1.08 bits per heavy atom. The van der Waals surface area contributed by atoms with Crippen molar-refractivity contribution in [1.82, 2.24) is 19.1 Å².